The lowest BCUT2D eigenvalue weighted by Crippen LogP contribution is -2.26. The summed E-state index contributed by atoms with van der Waals surface area (Å²) in [5, 5.41) is 20.9. The Morgan fingerprint density at radius 3 is 2.55 bits per heavy atom. The van der Waals surface area contributed by atoms with Crippen LogP contribution in [0.3, 0.4) is 0 Å². The van der Waals surface area contributed by atoms with Crippen LogP contribution in [0.5, 0.6) is 0 Å². The molecule has 1 aromatic carbocycles. The number of anilines is 1. The number of allylic oxidation sites excluding steroid dienone is 1. The van der Waals surface area contributed by atoms with Crippen LogP contribution in [0, 0.1) is 0 Å². The van der Waals surface area contributed by atoms with Gasteiger partial charge in [-0.05, 0) is 50.3 Å². The highest BCUT2D eigenvalue weighted by molar-refractivity contribution is 6.09. The van der Waals surface area contributed by atoms with Crippen molar-refractivity contribution < 1.29 is 19.8 Å². The maximum Gasteiger partial charge on any atom is 0.325 e. The van der Waals surface area contributed by atoms with Crippen LogP contribution in [-0.4, -0.2) is 34.6 Å². The summed E-state index contributed by atoms with van der Waals surface area (Å²) < 4.78 is 0. The van der Waals surface area contributed by atoms with Crippen molar-refractivity contribution >= 4 is 17.4 Å². The first-order valence-electron chi connectivity index (χ1n) is 7.30. The molecule has 0 aliphatic heterocycles. The van der Waals surface area contributed by atoms with Gasteiger partial charge in [-0.25, -0.2) is 0 Å². The second-order valence-corrected chi connectivity index (χ2v) is 5.33. The van der Waals surface area contributed by atoms with Gasteiger partial charge in [0, 0.05) is 17.9 Å². The van der Waals surface area contributed by atoms with Crippen LogP contribution in [0.4, 0.5) is 5.69 Å². The van der Waals surface area contributed by atoms with Crippen LogP contribution in [-0.2, 0) is 11.2 Å². The van der Waals surface area contributed by atoms with Crippen molar-refractivity contribution in [3.05, 3.63) is 41.5 Å². The number of carboxylic acids is 1. The standard InChI is InChI=1S/C17H23NO4/c1-11(2)16(20)14-8-6-9-15(18-12(3)17(21)22)13(14)7-4-5-10-19/h6,8-9,12,18-19H,1,4-5,7,10H2,2-3H3,(H,21,22)/t12-/m0/s1. The van der Waals surface area contributed by atoms with Crippen molar-refractivity contribution in [2.45, 2.75) is 39.2 Å². The van der Waals surface area contributed by atoms with Crippen LogP contribution < -0.4 is 5.32 Å². The van der Waals surface area contributed by atoms with E-state index in [-0.39, 0.29) is 12.4 Å². The molecule has 0 fully saturated rings. The highest BCUT2D eigenvalue weighted by Gasteiger charge is 2.18. The van der Waals surface area contributed by atoms with E-state index in [1.54, 1.807) is 32.0 Å². The molecule has 0 amide bonds. The van der Waals surface area contributed by atoms with E-state index in [9.17, 15) is 9.59 Å². The molecular weight excluding hydrogens is 282 g/mol. The molecule has 1 rings (SSSR count). The number of nitrogens with one attached hydrogen (secondary N) is 1. The molecule has 0 radical (unpaired) electrons. The maximum absolute atomic E-state index is 12.3. The minimum absolute atomic E-state index is 0.0882. The monoisotopic (exact) mass is 305 g/mol. The number of ketones is 1. The molecule has 0 unspecified atom stereocenters. The van der Waals surface area contributed by atoms with Gasteiger partial charge < -0.3 is 15.5 Å². The molecule has 120 valence electrons. The first kappa shape index (κ1) is 17.9. The van der Waals surface area contributed by atoms with Crippen molar-refractivity contribution in [2.75, 3.05) is 11.9 Å². The number of Topliss-reactive ketones (excluding diaryl/α,β-unsaturated/α-hetero) is 1. The Bertz CT molecular complexity index is 566. The van der Waals surface area contributed by atoms with E-state index in [2.05, 4.69) is 11.9 Å². The number of carbonyl (C=O) groups excluding carboxylic acids is 1. The summed E-state index contributed by atoms with van der Waals surface area (Å²) in [4.78, 5) is 23.3. The van der Waals surface area contributed by atoms with E-state index in [1.807, 2.05) is 0 Å². The molecule has 0 saturated heterocycles. The molecule has 1 atom stereocenters. The van der Waals surface area contributed by atoms with Crippen molar-refractivity contribution in [3.63, 3.8) is 0 Å². The highest BCUT2D eigenvalue weighted by Crippen LogP contribution is 2.25. The van der Waals surface area contributed by atoms with E-state index in [0.29, 0.717) is 36.1 Å². The molecule has 5 nitrogen and oxygen atoms in total. The smallest absolute Gasteiger partial charge is 0.325 e. The molecule has 5 heteroatoms. The maximum atomic E-state index is 12.3. The van der Waals surface area contributed by atoms with Crippen LogP contribution >= 0.6 is 0 Å². The van der Waals surface area contributed by atoms with Crippen molar-refractivity contribution in [1.82, 2.24) is 0 Å². The van der Waals surface area contributed by atoms with Crippen LogP contribution in [0.1, 0.15) is 42.6 Å². The second kappa shape index (κ2) is 8.34. The molecule has 0 aliphatic rings. The average Bonchev–Trinajstić information content (AvgIpc) is 2.47. The zero-order valence-electron chi connectivity index (χ0n) is 13.1. The summed E-state index contributed by atoms with van der Waals surface area (Å²) in [5.74, 6) is -1.11. The van der Waals surface area contributed by atoms with Crippen molar-refractivity contribution in [3.8, 4) is 0 Å². The third-order valence-corrected chi connectivity index (χ3v) is 3.39. The number of unbranched alkanes of at least 4 members (excludes halogenated alkanes) is 1. The third-order valence-electron chi connectivity index (χ3n) is 3.39. The first-order chi connectivity index (χ1) is 10.4. The minimum atomic E-state index is -0.960. The molecular formula is C17H23NO4. The highest BCUT2D eigenvalue weighted by atomic mass is 16.4. The van der Waals surface area contributed by atoms with Gasteiger partial charge in [0.1, 0.15) is 6.04 Å². The number of hydrogen-bond donors (Lipinski definition) is 3. The molecule has 0 spiro atoms. The number of carbonyl (C=O) groups is 2. The van der Waals surface area contributed by atoms with Crippen molar-refractivity contribution in [2.24, 2.45) is 0 Å². The summed E-state index contributed by atoms with van der Waals surface area (Å²) in [6.45, 7) is 6.97. The van der Waals surface area contributed by atoms with Gasteiger partial charge in [-0.2, -0.15) is 0 Å². The Kier molecular flexibility index (Phi) is 6.79. The minimum Gasteiger partial charge on any atom is -0.480 e. The Morgan fingerprint density at radius 2 is 2.00 bits per heavy atom. The summed E-state index contributed by atoms with van der Waals surface area (Å²) in [5.41, 5.74) is 2.39. The van der Waals surface area contributed by atoms with Gasteiger partial charge in [0.15, 0.2) is 5.78 Å². The molecule has 3 N–H and O–H groups in total. The van der Waals surface area contributed by atoms with Gasteiger partial charge in [0.2, 0.25) is 0 Å². The lowest BCUT2D eigenvalue weighted by Gasteiger charge is -2.18. The number of aliphatic hydroxyl groups is 1. The lowest BCUT2D eigenvalue weighted by molar-refractivity contribution is -0.137. The lowest BCUT2D eigenvalue weighted by atomic mass is 9.94. The second-order valence-electron chi connectivity index (χ2n) is 5.33. The number of carboxylic acid groups (broad SMARTS) is 1. The van der Waals surface area contributed by atoms with E-state index in [1.165, 1.54) is 0 Å². The normalized spacial score (nSPS) is 11.8. The Balaban J connectivity index is 3.18. The van der Waals surface area contributed by atoms with Crippen LogP contribution in [0.2, 0.25) is 0 Å². The number of aliphatic hydroxyl groups excluding tert-OH is 1. The SMILES string of the molecule is C=C(C)C(=O)c1cccc(N[C@@H](C)C(=O)O)c1CCCCO. The first-order valence-corrected chi connectivity index (χ1v) is 7.30. The average molecular weight is 305 g/mol. The fourth-order valence-electron chi connectivity index (χ4n) is 2.14. The van der Waals surface area contributed by atoms with Gasteiger partial charge >= 0.3 is 5.97 Å². The molecule has 0 heterocycles. The van der Waals surface area contributed by atoms with Crippen LogP contribution in [0.25, 0.3) is 0 Å². The van der Waals surface area contributed by atoms with Gasteiger partial charge in [0.05, 0.1) is 0 Å². The zero-order valence-corrected chi connectivity index (χ0v) is 13.1. The fraction of sp³-hybridized carbons (Fsp3) is 0.412. The summed E-state index contributed by atoms with van der Waals surface area (Å²) >= 11 is 0. The molecule has 1 aromatic rings. The zero-order chi connectivity index (χ0) is 16.7. The van der Waals surface area contributed by atoms with E-state index >= 15 is 0 Å². The summed E-state index contributed by atoms with van der Waals surface area (Å²) in [7, 11) is 0. The quantitative estimate of drug-likeness (QED) is 0.371. The molecule has 0 saturated carbocycles. The Labute approximate surface area is 130 Å². The van der Waals surface area contributed by atoms with Crippen LogP contribution in [0.15, 0.2) is 30.4 Å². The van der Waals surface area contributed by atoms with Gasteiger partial charge in [-0.15, -0.1) is 0 Å². The van der Waals surface area contributed by atoms with E-state index in [0.717, 1.165) is 5.56 Å². The summed E-state index contributed by atoms with van der Waals surface area (Å²) in [6.07, 6.45) is 1.93. The number of hydrogen-bond acceptors (Lipinski definition) is 4. The molecule has 22 heavy (non-hydrogen) atoms. The number of aliphatic carboxylic acids is 1. The molecule has 0 bridgehead atoms. The van der Waals surface area contributed by atoms with E-state index in [4.69, 9.17) is 10.2 Å². The predicted octanol–water partition coefficient (Wildman–Crippen LogP) is 2.65. The van der Waals surface area contributed by atoms with E-state index < -0.39 is 12.0 Å². The Morgan fingerprint density at radius 1 is 1.32 bits per heavy atom. The largest absolute Gasteiger partial charge is 0.480 e. The molecule has 0 aliphatic carbocycles. The predicted molar refractivity (Wildman–Crippen MR) is 86.3 cm³/mol. The molecule has 0 aromatic heterocycles. The third kappa shape index (κ3) is 4.70. The topological polar surface area (TPSA) is 86.6 Å². The van der Waals surface area contributed by atoms with Gasteiger partial charge in [-0.3, -0.25) is 9.59 Å². The number of benzene rings is 1. The van der Waals surface area contributed by atoms with Gasteiger partial charge in [0.25, 0.3) is 0 Å². The van der Waals surface area contributed by atoms with Gasteiger partial charge in [-0.1, -0.05) is 18.7 Å². The fourth-order valence-corrected chi connectivity index (χ4v) is 2.14. The van der Waals surface area contributed by atoms with Crippen molar-refractivity contribution in [1.29, 1.82) is 0 Å². The summed E-state index contributed by atoms with van der Waals surface area (Å²) in [6, 6.07) is 4.46. The number of rotatable bonds is 9. The Hall–Kier alpha value is -2.14.